The van der Waals surface area contributed by atoms with E-state index in [1.165, 1.54) is 0 Å². The Morgan fingerprint density at radius 2 is 1.59 bits per heavy atom. The minimum Gasteiger partial charge on any atom is -0.399 e. The Bertz CT molecular complexity index is 602. The molecule has 2 heteroatoms. The van der Waals surface area contributed by atoms with Gasteiger partial charge in [-0.2, -0.15) is 0 Å². The van der Waals surface area contributed by atoms with Gasteiger partial charge >= 0.3 is 0 Å². The summed E-state index contributed by atoms with van der Waals surface area (Å²) in [7, 11) is 0. The molecule has 0 unspecified atom stereocenters. The summed E-state index contributed by atoms with van der Waals surface area (Å²) >= 11 is 0. The van der Waals surface area contributed by atoms with Crippen molar-refractivity contribution in [1.82, 2.24) is 0 Å². The Morgan fingerprint density at radius 1 is 0.882 bits per heavy atom. The van der Waals surface area contributed by atoms with Gasteiger partial charge in [-0.05, 0) is 42.2 Å². The third kappa shape index (κ3) is 1.62. The predicted octanol–water partition coefficient (Wildman–Crippen LogP) is 2.60. The van der Waals surface area contributed by atoms with Crippen molar-refractivity contribution in [3.8, 4) is 0 Å². The topological polar surface area (TPSA) is 43.1 Å². The molecule has 2 N–H and O–H groups in total. The Kier molecular flexibility index (Phi) is 2.22. The van der Waals surface area contributed by atoms with E-state index in [0.717, 1.165) is 40.8 Å². The fourth-order valence-corrected chi connectivity index (χ4v) is 2.42. The lowest BCUT2D eigenvalue weighted by Crippen LogP contribution is -2.04. The maximum absolute atomic E-state index is 12.4. The molecule has 0 aromatic heterocycles. The van der Waals surface area contributed by atoms with Gasteiger partial charge in [-0.1, -0.05) is 24.3 Å². The van der Waals surface area contributed by atoms with E-state index in [1.54, 1.807) is 6.07 Å². The Hall–Kier alpha value is -2.09. The van der Waals surface area contributed by atoms with Crippen LogP contribution in [0.5, 0.6) is 0 Å². The first-order chi connectivity index (χ1) is 8.25. The molecule has 0 amide bonds. The van der Waals surface area contributed by atoms with Crippen LogP contribution in [-0.4, -0.2) is 5.78 Å². The predicted molar refractivity (Wildman–Crippen MR) is 68.1 cm³/mol. The summed E-state index contributed by atoms with van der Waals surface area (Å²) in [6.45, 7) is 0. The molecule has 0 saturated carbocycles. The van der Waals surface area contributed by atoms with Crippen molar-refractivity contribution in [3.05, 3.63) is 64.7 Å². The fraction of sp³-hybridized carbons (Fsp3) is 0.133. The number of ketones is 1. The highest BCUT2D eigenvalue weighted by molar-refractivity contribution is 6.11. The first kappa shape index (κ1) is 10.1. The van der Waals surface area contributed by atoms with Crippen LogP contribution in [0.3, 0.4) is 0 Å². The molecule has 1 aliphatic rings. The van der Waals surface area contributed by atoms with E-state index in [-0.39, 0.29) is 5.78 Å². The van der Waals surface area contributed by atoms with Crippen LogP contribution in [0.2, 0.25) is 0 Å². The lowest BCUT2D eigenvalue weighted by atomic mass is 9.99. The zero-order valence-corrected chi connectivity index (χ0v) is 9.44. The molecule has 17 heavy (non-hydrogen) atoms. The van der Waals surface area contributed by atoms with E-state index >= 15 is 0 Å². The second-order valence-corrected chi connectivity index (χ2v) is 4.40. The lowest BCUT2D eigenvalue weighted by molar-refractivity contribution is 0.103. The average Bonchev–Trinajstić information content (AvgIpc) is 2.48. The number of benzene rings is 2. The molecule has 2 aromatic carbocycles. The van der Waals surface area contributed by atoms with E-state index in [4.69, 9.17) is 5.73 Å². The van der Waals surface area contributed by atoms with Crippen LogP contribution in [0.15, 0.2) is 42.5 Å². The van der Waals surface area contributed by atoms with Gasteiger partial charge < -0.3 is 5.73 Å². The molecule has 0 radical (unpaired) electrons. The van der Waals surface area contributed by atoms with Gasteiger partial charge in [0, 0.05) is 16.8 Å². The summed E-state index contributed by atoms with van der Waals surface area (Å²) in [5.41, 5.74) is 10.3. The van der Waals surface area contributed by atoms with Gasteiger partial charge in [0.25, 0.3) is 0 Å². The molecule has 0 atom stereocenters. The van der Waals surface area contributed by atoms with E-state index in [9.17, 15) is 4.79 Å². The monoisotopic (exact) mass is 223 g/mol. The van der Waals surface area contributed by atoms with Crippen LogP contribution in [0.1, 0.15) is 27.0 Å². The maximum atomic E-state index is 12.4. The van der Waals surface area contributed by atoms with Gasteiger partial charge in [-0.25, -0.2) is 0 Å². The zero-order valence-electron chi connectivity index (χ0n) is 9.44. The molecular formula is C15H13NO. The number of carbonyl (C=O) groups is 1. The Labute approximate surface area is 100 Å². The van der Waals surface area contributed by atoms with Crippen molar-refractivity contribution in [2.45, 2.75) is 12.8 Å². The molecule has 1 aliphatic carbocycles. The average molecular weight is 223 g/mol. The summed E-state index contributed by atoms with van der Waals surface area (Å²) in [4.78, 5) is 12.4. The van der Waals surface area contributed by atoms with Crippen molar-refractivity contribution < 1.29 is 4.79 Å². The van der Waals surface area contributed by atoms with Crippen molar-refractivity contribution in [2.24, 2.45) is 0 Å². The number of rotatable bonds is 0. The third-order valence-corrected chi connectivity index (χ3v) is 3.30. The fourth-order valence-electron chi connectivity index (χ4n) is 2.42. The van der Waals surface area contributed by atoms with Crippen LogP contribution < -0.4 is 5.73 Å². The Morgan fingerprint density at radius 3 is 2.47 bits per heavy atom. The number of hydrogen-bond donors (Lipinski definition) is 1. The van der Waals surface area contributed by atoms with Gasteiger partial charge in [-0.3, -0.25) is 4.79 Å². The van der Waals surface area contributed by atoms with E-state index in [0.29, 0.717) is 0 Å². The summed E-state index contributed by atoms with van der Waals surface area (Å²) in [6.07, 6.45) is 1.78. The van der Waals surface area contributed by atoms with Crippen molar-refractivity contribution in [3.63, 3.8) is 0 Å². The zero-order chi connectivity index (χ0) is 11.8. The lowest BCUT2D eigenvalue weighted by Gasteiger charge is -2.05. The van der Waals surface area contributed by atoms with Crippen molar-refractivity contribution in [2.75, 3.05) is 5.73 Å². The number of nitrogens with two attached hydrogens (primary N) is 1. The first-order valence-corrected chi connectivity index (χ1v) is 5.77. The largest absolute Gasteiger partial charge is 0.399 e. The molecule has 0 saturated heterocycles. The minimum atomic E-state index is 0.119. The van der Waals surface area contributed by atoms with Gasteiger partial charge in [-0.15, -0.1) is 0 Å². The normalized spacial score (nSPS) is 13.8. The second kappa shape index (κ2) is 3.74. The van der Waals surface area contributed by atoms with Crippen LogP contribution in [-0.2, 0) is 12.8 Å². The number of hydrogen-bond acceptors (Lipinski definition) is 2. The number of nitrogen functional groups attached to an aromatic ring is 1. The molecule has 0 bridgehead atoms. The number of aryl methyl sites for hydroxylation is 2. The quantitative estimate of drug-likeness (QED) is 0.697. The summed E-state index contributed by atoms with van der Waals surface area (Å²) in [5.74, 6) is 0.119. The molecule has 3 rings (SSSR count). The van der Waals surface area contributed by atoms with Gasteiger partial charge in [0.2, 0.25) is 0 Å². The number of anilines is 1. The molecule has 84 valence electrons. The van der Waals surface area contributed by atoms with E-state index in [1.807, 2.05) is 36.4 Å². The number of carbonyl (C=O) groups excluding carboxylic acids is 1. The molecule has 0 heterocycles. The molecule has 2 nitrogen and oxygen atoms in total. The highest BCUT2D eigenvalue weighted by Gasteiger charge is 2.20. The second-order valence-electron chi connectivity index (χ2n) is 4.40. The van der Waals surface area contributed by atoms with Crippen LogP contribution in [0, 0.1) is 0 Å². The van der Waals surface area contributed by atoms with Crippen molar-refractivity contribution >= 4 is 11.5 Å². The third-order valence-electron chi connectivity index (χ3n) is 3.30. The van der Waals surface area contributed by atoms with Crippen LogP contribution in [0.4, 0.5) is 5.69 Å². The summed E-state index contributed by atoms with van der Waals surface area (Å²) in [5, 5.41) is 0. The molecule has 0 fully saturated rings. The molecule has 0 aliphatic heterocycles. The minimum absolute atomic E-state index is 0.119. The van der Waals surface area contributed by atoms with E-state index < -0.39 is 0 Å². The standard InChI is InChI=1S/C15H13NO/c16-12-7-8-14-11(9-12)6-5-10-3-1-2-4-13(10)15(14)17/h1-4,7-9H,5-6,16H2. The van der Waals surface area contributed by atoms with Gasteiger partial charge in [0.1, 0.15) is 0 Å². The smallest absolute Gasteiger partial charge is 0.193 e. The van der Waals surface area contributed by atoms with Crippen LogP contribution in [0.25, 0.3) is 0 Å². The number of fused-ring (bicyclic) bond motifs is 2. The van der Waals surface area contributed by atoms with Crippen molar-refractivity contribution in [1.29, 1.82) is 0 Å². The van der Waals surface area contributed by atoms with Gasteiger partial charge in [0.15, 0.2) is 5.78 Å². The SMILES string of the molecule is Nc1ccc2c(c1)CCc1ccccc1C2=O. The maximum Gasteiger partial charge on any atom is 0.193 e. The highest BCUT2D eigenvalue weighted by atomic mass is 16.1. The summed E-state index contributed by atoms with van der Waals surface area (Å²) in [6, 6.07) is 13.4. The molecule has 0 spiro atoms. The first-order valence-electron chi connectivity index (χ1n) is 5.77. The highest BCUT2D eigenvalue weighted by Crippen LogP contribution is 2.25. The van der Waals surface area contributed by atoms with Gasteiger partial charge in [0.05, 0.1) is 0 Å². The van der Waals surface area contributed by atoms with E-state index in [2.05, 4.69) is 0 Å². The molecule has 2 aromatic rings. The van der Waals surface area contributed by atoms with Crippen LogP contribution >= 0.6 is 0 Å². The summed E-state index contributed by atoms with van der Waals surface area (Å²) < 4.78 is 0. The Balaban J connectivity index is 2.20. The molecular weight excluding hydrogens is 210 g/mol.